The van der Waals surface area contributed by atoms with E-state index in [1.165, 1.54) is 0 Å². The van der Waals surface area contributed by atoms with E-state index >= 15 is 0 Å². The van der Waals surface area contributed by atoms with Gasteiger partial charge in [0.15, 0.2) is 0 Å². The van der Waals surface area contributed by atoms with Gasteiger partial charge in [-0.25, -0.2) is 8.78 Å². The number of rotatable bonds is 4. The minimum absolute atomic E-state index is 0.0110. The molecule has 23 heavy (non-hydrogen) atoms. The fourth-order valence-electron chi connectivity index (χ4n) is 3.97. The number of piperidine rings is 1. The molecule has 0 aromatic rings. The number of alkyl halides is 2. The Bertz CT molecular complexity index is 395. The van der Waals surface area contributed by atoms with Gasteiger partial charge in [-0.2, -0.15) is 0 Å². The average Bonchev–Trinajstić information content (AvgIpc) is 3.02. The van der Waals surface area contributed by atoms with Gasteiger partial charge in [-0.3, -0.25) is 4.79 Å². The highest BCUT2D eigenvalue weighted by molar-refractivity contribution is 5.79. The van der Waals surface area contributed by atoms with Crippen LogP contribution in [0.25, 0.3) is 0 Å². The first-order chi connectivity index (χ1) is 11.0. The van der Waals surface area contributed by atoms with Crippen molar-refractivity contribution in [1.82, 2.24) is 10.2 Å². The van der Waals surface area contributed by atoms with Crippen LogP contribution in [0.4, 0.5) is 8.78 Å². The van der Waals surface area contributed by atoms with E-state index in [-0.39, 0.29) is 30.7 Å². The van der Waals surface area contributed by atoms with Crippen molar-refractivity contribution in [3.63, 3.8) is 0 Å². The monoisotopic (exact) mass is 330 g/mol. The fourth-order valence-corrected chi connectivity index (χ4v) is 3.97. The Kier molecular flexibility index (Phi) is 5.52. The highest BCUT2D eigenvalue weighted by Gasteiger charge is 2.38. The van der Waals surface area contributed by atoms with Crippen LogP contribution in [-0.4, -0.2) is 55.6 Å². The Hall–Kier alpha value is -0.750. The van der Waals surface area contributed by atoms with E-state index in [4.69, 9.17) is 4.74 Å². The summed E-state index contributed by atoms with van der Waals surface area (Å²) in [6.07, 6.45) is 3.42. The highest BCUT2D eigenvalue weighted by atomic mass is 19.3. The third kappa shape index (κ3) is 4.86. The van der Waals surface area contributed by atoms with Crippen LogP contribution in [0.1, 0.15) is 44.9 Å². The number of hydrogen-bond donors (Lipinski definition) is 1. The third-order valence-corrected chi connectivity index (χ3v) is 5.56. The molecule has 6 heteroatoms. The van der Waals surface area contributed by atoms with Gasteiger partial charge in [-0.1, -0.05) is 0 Å². The van der Waals surface area contributed by atoms with Crippen LogP contribution in [0.5, 0.6) is 0 Å². The number of carbonyl (C=O) groups excluding carboxylic acids is 1. The summed E-state index contributed by atoms with van der Waals surface area (Å²) < 4.78 is 31.7. The zero-order valence-corrected chi connectivity index (χ0v) is 13.7. The first kappa shape index (κ1) is 17.1. The smallest absolute Gasteiger partial charge is 0.248 e. The molecule has 2 saturated heterocycles. The van der Waals surface area contributed by atoms with Crippen molar-refractivity contribution in [2.45, 2.75) is 56.9 Å². The number of carbonyl (C=O) groups is 1. The molecule has 1 saturated carbocycles. The lowest BCUT2D eigenvalue weighted by Crippen LogP contribution is -2.48. The van der Waals surface area contributed by atoms with Gasteiger partial charge in [0.25, 0.3) is 0 Å². The van der Waals surface area contributed by atoms with Crippen LogP contribution < -0.4 is 5.32 Å². The Labute approximate surface area is 136 Å². The normalized spacial score (nSPS) is 30.4. The molecule has 1 aliphatic carbocycles. The van der Waals surface area contributed by atoms with E-state index < -0.39 is 5.92 Å². The molecule has 132 valence electrons. The molecule has 0 bridgehead atoms. The van der Waals surface area contributed by atoms with Crippen molar-refractivity contribution in [1.29, 1.82) is 0 Å². The summed E-state index contributed by atoms with van der Waals surface area (Å²) in [6, 6.07) is 0.209. The number of nitrogens with one attached hydrogen (secondary N) is 1. The van der Waals surface area contributed by atoms with Crippen molar-refractivity contribution >= 4 is 5.91 Å². The first-order valence-electron chi connectivity index (χ1n) is 9.00. The highest BCUT2D eigenvalue weighted by Crippen LogP contribution is 2.36. The van der Waals surface area contributed by atoms with Crippen molar-refractivity contribution in [3.05, 3.63) is 0 Å². The molecule has 4 nitrogen and oxygen atoms in total. The van der Waals surface area contributed by atoms with Crippen LogP contribution >= 0.6 is 0 Å². The summed E-state index contributed by atoms with van der Waals surface area (Å²) in [6.45, 7) is 4.87. The minimum Gasteiger partial charge on any atom is -0.381 e. The topological polar surface area (TPSA) is 41.6 Å². The summed E-state index contributed by atoms with van der Waals surface area (Å²) in [5.74, 6) is -2.14. The van der Waals surface area contributed by atoms with Crippen molar-refractivity contribution in [2.24, 2.45) is 11.8 Å². The average molecular weight is 330 g/mol. The van der Waals surface area contributed by atoms with Gasteiger partial charge in [-0.15, -0.1) is 0 Å². The van der Waals surface area contributed by atoms with Gasteiger partial charge in [0.1, 0.15) is 0 Å². The van der Waals surface area contributed by atoms with E-state index in [2.05, 4.69) is 10.2 Å². The van der Waals surface area contributed by atoms with E-state index in [1.807, 2.05) is 0 Å². The lowest BCUT2D eigenvalue weighted by Gasteiger charge is -2.35. The molecule has 1 atom stereocenters. The van der Waals surface area contributed by atoms with Gasteiger partial charge in [0, 0.05) is 51.0 Å². The summed E-state index contributed by atoms with van der Waals surface area (Å²) in [5.41, 5.74) is 0. The van der Waals surface area contributed by atoms with Gasteiger partial charge in [-0.05, 0) is 38.0 Å². The molecule has 0 aromatic carbocycles. The maximum absolute atomic E-state index is 13.2. The molecule has 0 radical (unpaired) electrons. The summed E-state index contributed by atoms with van der Waals surface area (Å²) in [7, 11) is 0. The Balaban J connectivity index is 1.36. The molecular formula is C17H28F2N2O2. The predicted molar refractivity (Wildman–Crippen MR) is 83.4 cm³/mol. The standard InChI is InChI=1S/C17H28F2N2O2/c18-17(19)6-1-14(2-7-17)16(22)20-15-3-8-21(9-4-15)11-13-5-10-23-12-13/h13-15H,1-12H2,(H,20,22). The fraction of sp³-hybridized carbons (Fsp3) is 0.941. The molecule has 1 amide bonds. The quantitative estimate of drug-likeness (QED) is 0.861. The van der Waals surface area contributed by atoms with Crippen LogP contribution in [0, 0.1) is 11.8 Å². The van der Waals surface area contributed by atoms with Gasteiger partial charge in [0.2, 0.25) is 11.8 Å². The molecule has 3 rings (SSSR count). The number of halogens is 2. The number of amides is 1. The van der Waals surface area contributed by atoms with Crippen molar-refractivity contribution in [2.75, 3.05) is 32.8 Å². The van der Waals surface area contributed by atoms with Gasteiger partial charge < -0.3 is 15.0 Å². The third-order valence-electron chi connectivity index (χ3n) is 5.56. The van der Waals surface area contributed by atoms with Crippen LogP contribution in [0.15, 0.2) is 0 Å². The predicted octanol–water partition coefficient (Wildman–Crippen LogP) is 2.43. The summed E-state index contributed by atoms with van der Waals surface area (Å²) in [4.78, 5) is 14.7. The second-order valence-electron chi connectivity index (χ2n) is 7.44. The minimum atomic E-state index is -2.56. The van der Waals surface area contributed by atoms with Crippen molar-refractivity contribution < 1.29 is 18.3 Å². The SMILES string of the molecule is O=C(NC1CCN(CC2CCOC2)CC1)C1CCC(F)(F)CC1. The molecule has 3 fully saturated rings. The molecular weight excluding hydrogens is 302 g/mol. The maximum atomic E-state index is 13.2. The molecule has 0 spiro atoms. The lowest BCUT2D eigenvalue weighted by molar-refractivity contribution is -0.130. The summed E-state index contributed by atoms with van der Waals surface area (Å²) in [5, 5.41) is 3.09. The van der Waals surface area contributed by atoms with Gasteiger partial charge >= 0.3 is 0 Å². The Morgan fingerprint density at radius 2 is 1.83 bits per heavy atom. The van der Waals surface area contributed by atoms with E-state index in [0.717, 1.165) is 52.1 Å². The summed E-state index contributed by atoms with van der Waals surface area (Å²) >= 11 is 0. The van der Waals surface area contributed by atoms with E-state index in [9.17, 15) is 13.6 Å². The second kappa shape index (κ2) is 7.43. The number of hydrogen-bond acceptors (Lipinski definition) is 3. The van der Waals surface area contributed by atoms with Crippen LogP contribution in [0.2, 0.25) is 0 Å². The number of likely N-dealkylation sites (tertiary alicyclic amines) is 1. The lowest BCUT2D eigenvalue weighted by atomic mass is 9.86. The van der Waals surface area contributed by atoms with Crippen LogP contribution in [0.3, 0.4) is 0 Å². The molecule has 1 unspecified atom stereocenters. The maximum Gasteiger partial charge on any atom is 0.248 e. The van der Waals surface area contributed by atoms with Gasteiger partial charge in [0.05, 0.1) is 6.61 Å². The number of nitrogens with zero attached hydrogens (tertiary/aromatic N) is 1. The first-order valence-corrected chi connectivity index (χ1v) is 9.00. The molecule has 1 N–H and O–H groups in total. The van der Waals surface area contributed by atoms with E-state index in [0.29, 0.717) is 18.8 Å². The molecule has 2 aliphatic heterocycles. The molecule has 0 aromatic heterocycles. The van der Waals surface area contributed by atoms with Crippen molar-refractivity contribution in [3.8, 4) is 0 Å². The molecule has 2 heterocycles. The largest absolute Gasteiger partial charge is 0.381 e. The zero-order chi connectivity index (χ0) is 16.3. The van der Waals surface area contributed by atoms with E-state index in [1.54, 1.807) is 0 Å². The Morgan fingerprint density at radius 1 is 1.13 bits per heavy atom. The Morgan fingerprint density at radius 3 is 2.43 bits per heavy atom. The zero-order valence-electron chi connectivity index (χ0n) is 13.7. The number of ether oxygens (including phenoxy) is 1. The van der Waals surface area contributed by atoms with Crippen LogP contribution in [-0.2, 0) is 9.53 Å². The second-order valence-corrected chi connectivity index (χ2v) is 7.44. The molecule has 3 aliphatic rings.